The fourth-order valence-corrected chi connectivity index (χ4v) is 2.74. The zero-order chi connectivity index (χ0) is 21.7. The summed E-state index contributed by atoms with van der Waals surface area (Å²) in [6.45, 7) is 3.90. The topological polar surface area (TPSA) is 83.1 Å². The first-order valence-electron chi connectivity index (χ1n) is 9.30. The van der Waals surface area contributed by atoms with Gasteiger partial charge in [-0.2, -0.15) is 0 Å². The smallest absolute Gasteiger partial charge is 0.331 e. The molecule has 0 radical (unpaired) electrons. The number of methoxy groups -OCH3 is 1. The molecule has 0 bridgehead atoms. The molecule has 2 aromatic rings. The third-order valence-corrected chi connectivity index (χ3v) is 4.36. The third kappa shape index (κ3) is 5.08. The first kappa shape index (κ1) is 21.2. The number of esters is 1. The lowest BCUT2D eigenvalue weighted by atomic mass is 10.1. The molecule has 158 valence electrons. The van der Waals surface area contributed by atoms with Crippen molar-refractivity contribution in [3.8, 4) is 17.2 Å². The molecule has 7 nitrogen and oxygen atoms in total. The summed E-state index contributed by atoms with van der Waals surface area (Å²) in [5.41, 5.74) is 1.39. The van der Waals surface area contributed by atoms with E-state index in [1.165, 1.54) is 32.3 Å². The Bertz CT molecular complexity index is 971. The van der Waals surface area contributed by atoms with Crippen molar-refractivity contribution < 1.29 is 32.9 Å². The van der Waals surface area contributed by atoms with Gasteiger partial charge >= 0.3 is 5.97 Å². The predicted molar refractivity (Wildman–Crippen MR) is 108 cm³/mol. The zero-order valence-electron chi connectivity index (χ0n) is 16.9. The highest BCUT2D eigenvalue weighted by molar-refractivity contribution is 5.96. The van der Waals surface area contributed by atoms with E-state index in [0.29, 0.717) is 41.6 Å². The summed E-state index contributed by atoms with van der Waals surface area (Å²) in [5.74, 6) is -0.191. The van der Waals surface area contributed by atoms with Gasteiger partial charge in [0.15, 0.2) is 17.6 Å². The molecule has 8 heteroatoms. The second-order valence-electron chi connectivity index (χ2n) is 6.61. The maximum Gasteiger partial charge on any atom is 0.331 e. The Morgan fingerprint density at radius 1 is 1.20 bits per heavy atom. The van der Waals surface area contributed by atoms with Crippen LogP contribution in [0.4, 0.5) is 10.1 Å². The van der Waals surface area contributed by atoms with Crippen LogP contribution in [-0.4, -0.2) is 38.3 Å². The van der Waals surface area contributed by atoms with Gasteiger partial charge in [-0.15, -0.1) is 0 Å². The van der Waals surface area contributed by atoms with E-state index >= 15 is 0 Å². The molecule has 2 aromatic carbocycles. The maximum atomic E-state index is 13.6. The van der Waals surface area contributed by atoms with E-state index in [0.717, 1.165) is 0 Å². The molecule has 0 unspecified atom stereocenters. The maximum absolute atomic E-state index is 13.6. The number of amides is 1. The standard InChI is InChI=1S/C22H22FNO6/c1-13-4-6-16(12-17(13)23)24-22(26)14(2)30-20(25)7-5-15-10-18(27-3)21-19(11-15)28-8-9-29-21/h4-7,10-12,14H,8-9H2,1-3H3,(H,24,26)/b7-5-/t14-/m0/s1. The summed E-state index contributed by atoms with van der Waals surface area (Å²) in [5, 5.41) is 2.51. The first-order chi connectivity index (χ1) is 14.4. The minimum absolute atomic E-state index is 0.282. The monoisotopic (exact) mass is 415 g/mol. The molecule has 1 aliphatic heterocycles. The van der Waals surface area contributed by atoms with Crippen molar-refractivity contribution in [2.75, 3.05) is 25.6 Å². The minimum Gasteiger partial charge on any atom is -0.493 e. The van der Waals surface area contributed by atoms with Crippen LogP contribution in [0.2, 0.25) is 0 Å². The van der Waals surface area contributed by atoms with Gasteiger partial charge in [-0.05, 0) is 55.3 Å². The summed E-state index contributed by atoms with van der Waals surface area (Å²) in [4.78, 5) is 24.3. The first-order valence-corrected chi connectivity index (χ1v) is 9.30. The van der Waals surface area contributed by atoms with E-state index in [1.54, 1.807) is 31.2 Å². The number of nitrogens with one attached hydrogen (secondary N) is 1. The average Bonchev–Trinajstić information content (AvgIpc) is 2.74. The lowest BCUT2D eigenvalue weighted by Gasteiger charge is -2.20. The van der Waals surface area contributed by atoms with E-state index in [-0.39, 0.29) is 5.69 Å². The number of hydrogen-bond acceptors (Lipinski definition) is 6. The molecular weight excluding hydrogens is 393 g/mol. The Kier molecular flexibility index (Phi) is 6.56. The van der Waals surface area contributed by atoms with Crippen molar-refractivity contribution in [1.29, 1.82) is 0 Å². The Morgan fingerprint density at radius 3 is 2.70 bits per heavy atom. The van der Waals surface area contributed by atoms with Crippen LogP contribution in [0, 0.1) is 12.7 Å². The van der Waals surface area contributed by atoms with E-state index in [1.807, 2.05) is 0 Å². The second kappa shape index (κ2) is 9.30. The lowest BCUT2D eigenvalue weighted by molar-refractivity contribution is -0.148. The van der Waals surface area contributed by atoms with Crippen molar-refractivity contribution in [3.05, 3.63) is 53.4 Å². The van der Waals surface area contributed by atoms with Crippen molar-refractivity contribution >= 4 is 23.6 Å². The molecule has 1 heterocycles. The second-order valence-corrected chi connectivity index (χ2v) is 6.61. The van der Waals surface area contributed by atoms with Gasteiger partial charge < -0.3 is 24.3 Å². The summed E-state index contributed by atoms with van der Waals surface area (Å²) < 4.78 is 35.1. The molecule has 0 aromatic heterocycles. The number of hydrogen-bond donors (Lipinski definition) is 1. The van der Waals surface area contributed by atoms with Crippen LogP contribution in [0.5, 0.6) is 17.2 Å². The molecule has 1 N–H and O–H groups in total. The number of rotatable bonds is 6. The highest BCUT2D eigenvalue weighted by Crippen LogP contribution is 2.40. The number of carbonyl (C=O) groups excluding carboxylic acids is 2. The van der Waals surface area contributed by atoms with Crippen LogP contribution >= 0.6 is 0 Å². The molecule has 1 atom stereocenters. The van der Waals surface area contributed by atoms with Crippen LogP contribution in [-0.2, 0) is 14.3 Å². The molecule has 0 fully saturated rings. The van der Waals surface area contributed by atoms with Crippen LogP contribution < -0.4 is 19.5 Å². The number of aryl methyl sites for hydroxylation is 1. The Morgan fingerprint density at radius 2 is 1.97 bits per heavy atom. The van der Waals surface area contributed by atoms with Crippen LogP contribution in [0.3, 0.4) is 0 Å². The largest absolute Gasteiger partial charge is 0.493 e. The van der Waals surface area contributed by atoms with Gasteiger partial charge in [0.1, 0.15) is 19.0 Å². The SMILES string of the molecule is COc1cc(/C=C\C(=O)O[C@@H](C)C(=O)Nc2ccc(C)c(F)c2)cc2c1OCCO2. The third-order valence-electron chi connectivity index (χ3n) is 4.36. The fourth-order valence-electron chi connectivity index (χ4n) is 2.74. The van der Waals surface area contributed by atoms with Crippen molar-refractivity contribution in [2.24, 2.45) is 0 Å². The van der Waals surface area contributed by atoms with Crippen LogP contribution in [0.25, 0.3) is 6.08 Å². The van der Waals surface area contributed by atoms with Gasteiger partial charge in [0.05, 0.1) is 7.11 Å². The normalized spacial score (nSPS) is 13.6. The number of halogens is 1. The minimum atomic E-state index is -1.07. The van der Waals surface area contributed by atoms with Crippen LogP contribution in [0.1, 0.15) is 18.1 Å². The van der Waals surface area contributed by atoms with Gasteiger partial charge in [-0.25, -0.2) is 9.18 Å². The van der Waals surface area contributed by atoms with Crippen molar-refractivity contribution in [1.82, 2.24) is 0 Å². The zero-order valence-corrected chi connectivity index (χ0v) is 16.9. The summed E-state index contributed by atoms with van der Waals surface area (Å²) in [7, 11) is 1.51. The van der Waals surface area contributed by atoms with E-state index < -0.39 is 23.8 Å². The average molecular weight is 415 g/mol. The Labute approximate surface area is 173 Å². The molecule has 1 amide bonds. The molecule has 0 saturated heterocycles. The molecule has 0 aliphatic carbocycles. The lowest BCUT2D eigenvalue weighted by Crippen LogP contribution is -2.29. The van der Waals surface area contributed by atoms with Gasteiger partial charge in [0.2, 0.25) is 5.75 Å². The number of benzene rings is 2. The fraction of sp³-hybridized carbons (Fsp3) is 0.273. The van der Waals surface area contributed by atoms with Crippen molar-refractivity contribution in [3.63, 3.8) is 0 Å². The molecule has 3 rings (SSSR count). The molecule has 0 spiro atoms. The number of carbonyl (C=O) groups is 2. The van der Waals surface area contributed by atoms with Gasteiger partial charge in [-0.1, -0.05) is 6.07 Å². The summed E-state index contributed by atoms with van der Waals surface area (Å²) >= 11 is 0. The van der Waals surface area contributed by atoms with Gasteiger partial charge in [0, 0.05) is 11.8 Å². The number of anilines is 1. The predicted octanol–water partition coefficient (Wildman–Crippen LogP) is 3.50. The molecular formula is C22H22FNO6. The van der Waals surface area contributed by atoms with Crippen molar-refractivity contribution in [2.45, 2.75) is 20.0 Å². The number of fused-ring (bicyclic) bond motifs is 1. The number of ether oxygens (including phenoxy) is 4. The van der Waals surface area contributed by atoms with E-state index in [9.17, 15) is 14.0 Å². The van der Waals surface area contributed by atoms with E-state index in [2.05, 4.69) is 5.32 Å². The van der Waals surface area contributed by atoms with Crippen LogP contribution in [0.15, 0.2) is 36.4 Å². The quantitative estimate of drug-likeness (QED) is 0.574. The van der Waals surface area contributed by atoms with E-state index in [4.69, 9.17) is 18.9 Å². The van der Waals surface area contributed by atoms with Gasteiger partial charge in [0.25, 0.3) is 5.91 Å². The van der Waals surface area contributed by atoms with Gasteiger partial charge in [-0.3, -0.25) is 4.79 Å². The Balaban J connectivity index is 1.61. The molecule has 30 heavy (non-hydrogen) atoms. The highest BCUT2D eigenvalue weighted by Gasteiger charge is 2.19. The summed E-state index contributed by atoms with van der Waals surface area (Å²) in [6.07, 6.45) is 1.64. The molecule has 0 saturated carbocycles. The highest BCUT2D eigenvalue weighted by atomic mass is 19.1. The molecule has 1 aliphatic rings. The Hall–Kier alpha value is -3.55. The summed E-state index contributed by atoms with van der Waals surface area (Å²) in [6, 6.07) is 7.73.